The molecule has 11 heteroatoms. The van der Waals surface area contributed by atoms with Gasteiger partial charge in [-0.1, -0.05) is 0 Å². The van der Waals surface area contributed by atoms with Gasteiger partial charge in [0.15, 0.2) is 11.5 Å². The van der Waals surface area contributed by atoms with Gasteiger partial charge < -0.3 is 5.32 Å². The van der Waals surface area contributed by atoms with Gasteiger partial charge in [-0.05, 0) is 36.6 Å². The van der Waals surface area contributed by atoms with Crippen LogP contribution >= 0.6 is 11.8 Å². The molecule has 7 nitrogen and oxygen atoms in total. The highest BCUT2D eigenvalue weighted by Gasteiger charge is 2.41. The molecule has 0 bridgehead atoms. The molecule has 3 aromatic rings. The van der Waals surface area contributed by atoms with Crippen LogP contribution in [-0.2, 0) is 6.18 Å². The molecule has 0 fully saturated rings. The zero-order valence-electron chi connectivity index (χ0n) is 13.7. The summed E-state index contributed by atoms with van der Waals surface area (Å²) in [5.41, 5.74) is -2.18. The lowest BCUT2D eigenvalue weighted by atomic mass is 10.2. The second-order valence-electron chi connectivity index (χ2n) is 5.28. The molecule has 2 heterocycles. The number of carbonyl (C=O) groups is 1. The van der Waals surface area contributed by atoms with Crippen molar-refractivity contribution in [3.8, 4) is 5.82 Å². The average Bonchev–Trinajstić information content (AvgIpc) is 3.09. The smallest absolute Gasteiger partial charge is 0.322 e. The van der Waals surface area contributed by atoms with Crippen LogP contribution in [0.5, 0.6) is 0 Å². The van der Waals surface area contributed by atoms with Crippen molar-refractivity contribution in [2.45, 2.75) is 11.1 Å². The third-order valence-electron chi connectivity index (χ3n) is 3.51. The molecule has 2 aromatic heterocycles. The van der Waals surface area contributed by atoms with E-state index >= 15 is 0 Å². The van der Waals surface area contributed by atoms with Gasteiger partial charge in [0.2, 0.25) is 0 Å². The van der Waals surface area contributed by atoms with Gasteiger partial charge in [0.25, 0.3) is 11.5 Å². The minimum absolute atomic E-state index is 0.273. The summed E-state index contributed by atoms with van der Waals surface area (Å²) < 4.78 is 41.1. The summed E-state index contributed by atoms with van der Waals surface area (Å²) in [5.74, 6) is -1.24. The second-order valence-corrected chi connectivity index (χ2v) is 6.16. The molecule has 1 amide bonds. The van der Waals surface area contributed by atoms with Crippen LogP contribution in [0.3, 0.4) is 0 Å². The molecule has 0 unspecified atom stereocenters. The van der Waals surface area contributed by atoms with Crippen molar-refractivity contribution in [3.63, 3.8) is 0 Å². The van der Waals surface area contributed by atoms with E-state index in [1.807, 2.05) is 11.4 Å². The predicted octanol–water partition coefficient (Wildman–Crippen LogP) is 2.95. The van der Waals surface area contributed by atoms with Crippen LogP contribution in [0.25, 0.3) is 5.82 Å². The van der Waals surface area contributed by atoms with Crippen molar-refractivity contribution in [1.82, 2.24) is 20.0 Å². The number of nitrogens with one attached hydrogen (secondary N) is 2. The third-order valence-corrected chi connectivity index (χ3v) is 4.26. The molecule has 3 rings (SSSR count). The summed E-state index contributed by atoms with van der Waals surface area (Å²) >= 11 is 1.49. The summed E-state index contributed by atoms with van der Waals surface area (Å²) in [6, 6.07) is 8.73. The third kappa shape index (κ3) is 4.03. The molecule has 0 aliphatic heterocycles. The van der Waals surface area contributed by atoms with Crippen molar-refractivity contribution in [2.75, 3.05) is 11.6 Å². The minimum Gasteiger partial charge on any atom is -0.322 e. The van der Waals surface area contributed by atoms with Gasteiger partial charge in [0, 0.05) is 16.6 Å². The van der Waals surface area contributed by atoms with E-state index in [4.69, 9.17) is 0 Å². The highest BCUT2D eigenvalue weighted by atomic mass is 32.2. The van der Waals surface area contributed by atoms with Crippen LogP contribution in [0.1, 0.15) is 16.1 Å². The Morgan fingerprint density at radius 3 is 2.44 bits per heavy atom. The van der Waals surface area contributed by atoms with Crippen LogP contribution in [0.4, 0.5) is 18.9 Å². The SMILES string of the molecule is CSc1ccc(NC(=O)c2cnn(-c3ccc(=O)[nH]n3)c2C(F)(F)F)cc1. The van der Waals surface area contributed by atoms with Crippen molar-refractivity contribution in [2.24, 2.45) is 0 Å². The maximum Gasteiger partial charge on any atom is 0.434 e. The van der Waals surface area contributed by atoms with E-state index in [1.165, 1.54) is 11.8 Å². The highest BCUT2D eigenvalue weighted by molar-refractivity contribution is 7.98. The molecule has 1 aromatic carbocycles. The van der Waals surface area contributed by atoms with E-state index in [0.29, 0.717) is 10.4 Å². The first-order chi connectivity index (χ1) is 12.8. The van der Waals surface area contributed by atoms with Gasteiger partial charge in [-0.3, -0.25) is 9.59 Å². The Morgan fingerprint density at radius 1 is 1.19 bits per heavy atom. The Morgan fingerprint density at radius 2 is 1.89 bits per heavy atom. The Labute approximate surface area is 154 Å². The molecule has 0 spiro atoms. The number of carbonyl (C=O) groups excluding carboxylic acids is 1. The van der Waals surface area contributed by atoms with E-state index in [9.17, 15) is 22.8 Å². The van der Waals surface area contributed by atoms with Crippen molar-refractivity contribution >= 4 is 23.4 Å². The standard InChI is InChI=1S/C16H12F3N5O2S/c1-27-10-4-2-9(3-5-10)21-15(26)11-8-20-24(14(11)16(17,18)19)12-6-7-13(25)23-22-12/h2-8H,1H3,(H,21,26)(H,23,25). The van der Waals surface area contributed by atoms with Crippen LogP contribution < -0.4 is 10.9 Å². The Bertz CT molecular complexity index is 1010. The molecule has 27 heavy (non-hydrogen) atoms. The van der Waals surface area contributed by atoms with E-state index in [2.05, 4.69) is 15.5 Å². The largest absolute Gasteiger partial charge is 0.434 e. The monoisotopic (exact) mass is 395 g/mol. The number of alkyl halides is 3. The van der Waals surface area contributed by atoms with Gasteiger partial charge in [-0.25, -0.2) is 9.78 Å². The maximum absolute atomic E-state index is 13.6. The first-order valence-corrected chi connectivity index (χ1v) is 8.69. The van der Waals surface area contributed by atoms with Gasteiger partial charge in [0.1, 0.15) is 0 Å². The summed E-state index contributed by atoms with van der Waals surface area (Å²) in [4.78, 5) is 24.4. The van der Waals surface area contributed by atoms with Gasteiger partial charge >= 0.3 is 6.18 Å². The van der Waals surface area contributed by atoms with Crippen LogP contribution in [0.2, 0.25) is 0 Å². The lowest BCUT2D eigenvalue weighted by Gasteiger charge is -2.12. The van der Waals surface area contributed by atoms with Gasteiger partial charge in [0.05, 0.1) is 11.8 Å². The van der Waals surface area contributed by atoms with Gasteiger partial charge in [-0.15, -0.1) is 11.8 Å². The van der Waals surface area contributed by atoms with Crippen molar-refractivity contribution < 1.29 is 18.0 Å². The number of rotatable bonds is 4. The number of benzene rings is 1. The quantitative estimate of drug-likeness (QED) is 0.663. The first-order valence-electron chi connectivity index (χ1n) is 7.46. The van der Waals surface area contributed by atoms with E-state index in [1.54, 1.807) is 24.3 Å². The summed E-state index contributed by atoms with van der Waals surface area (Å²) in [7, 11) is 0. The second kappa shape index (κ2) is 7.27. The normalized spacial score (nSPS) is 11.4. The Hall–Kier alpha value is -3.08. The molecule has 0 saturated heterocycles. The zero-order chi connectivity index (χ0) is 19.6. The lowest BCUT2D eigenvalue weighted by Crippen LogP contribution is -2.21. The lowest BCUT2D eigenvalue weighted by molar-refractivity contribution is -0.143. The zero-order valence-corrected chi connectivity index (χ0v) is 14.6. The summed E-state index contributed by atoms with van der Waals surface area (Å²) in [6.07, 6.45) is -2.19. The van der Waals surface area contributed by atoms with Crippen molar-refractivity contribution in [1.29, 1.82) is 0 Å². The van der Waals surface area contributed by atoms with Crippen molar-refractivity contribution in [3.05, 3.63) is 64.2 Å². The number of aromatic nitrogens is 4. The minimum atomic E-state index is -4.87. The fraction of sp³-hybridized carbons (Fsp3) is 0.125. The van der Waals surface area contributed by atoms with Crippen LogP contribution in [0, 0.1) is 0 Å². The number of anilines is 1. The number of amides is 1. The number of thioether (sulfide) groups is 1. The van der Waals surface area contributed by atoms with Crippen LogP contribution in [-0.4, -0.2) is 32.1 Å². The number of nitrogens with zero attached hydrogens (tertiary/aromatic N) is 3. The highest BCUT2D eigenvalue weighted by Crippen LogP contribution is 2.33. The predicted molar refractivity (Wildman–Crippen MR) is 93.2 cm³/mol. The van der Waals surface area contributed by atoms with Gasteiger partial charge in [-0.2, -0.15) is 23.4 Å². The fourth-order valence-corrected chi connectivity index (χ4v) is 2.70. The molecule has 0 saturated carbocycles. The first kappa shape index (κ1) is 18.7. The van der Waals surface area contributed by atoms with E-state index < -0.39 is 28.9 Å². The molecule has 0 radical (unpaired) electrons. The Kier molecular flexibility index (Phi) is 5.04. The number of halogens is 3. The number of aromatic amines is 1. The van der Waals surface area contributed by atoms with Crippen LogP contribution in [0.15, 0.2) is 52.3 Å². The summed E-state index contributed by atoms with van der Waals surface area (Å²) in [5, 5.41) is 11.6. The molecule has 140 valence electrons. The molecular formula is C16H12F3N5O2S. The Balaban J connectivity index is 1.98. The molecule has 0 aliphatic rings. The topological polar surface area (TPSA) is 92.7 Å². The number of hydrogen-bond acceptors (Lipinski definition) is 5. The maximum atomic E-state index is 13.6. The number of hydrogen-bond donors (Lipinski definition) is 2. The van der Waals surface area contributed by atoms with E-state index in [-0.39, 0.29) is 5.82 Å². The van der Waals surface area contributed by atoms with E-state index in [0.717, 1.165) is 23.2 Å². The molecule has 0 aliphatic carbocycles. The average molecular weight is 395 g/mol. The summed E-state index contributed by atoms with van der Waals surface area (Å²) in [6.45, 7) is 0. The number of H-pyrrole nitrogens is 1. The molecule has 2 N–H and O–H groups in total. The molecular weight excluding hydrogens is 383 g/mol. The fourth-order valence-electron chi connectivity index (χ4n) is 2.29. The molecule has 0 atom stereocenters.